The molecule has 0 radical (unpaired) electrons. The van der Waals surface area contributed by atoms with Crippen LogP contribution in [0.2, 0.25) is 0 Å². The van der Waals surface area contributed by atoms with Crippen molar-refractivity contribution in [1.29, 1.82) is 0 Å². The van der Waals surface area contributed by atoms with E-state index < -0.39 is 20.2 Å². The maximum absolute atomic E-state index is 12.0. The minimum Gasteiger partial charge on any atom is -0.744 e. The number of benzene rings is 4. The zero-order valence-electron chi connectivity index (χ0n) is 54.1. The molecule has 0 saturated carbocycles. The first kappa shape index (κ1) is 77.9. The van der Waals surface area contributed by atoms with E-state index in [4.69, 9.17) is 0 Å². The standard InChI is InChI=1S/2C37H62O3S.Ba/c2*1-3-5-7-9-11-12-13-14-15-16-17-18-19-21-22-24-26-33-28-29-36-35(30-33)31-34(32-37(36)41(38,39)40)27-25-23-20-10-8-6-4-2;/h2*28-32H,3-27H2,1-2H3,(H,38,39,40);/q;;+2/p-2. The van der Waals surface area contributed by atoms with Gasteiger partial charge < -0.3 is 9.11 Å². The Bertz CT molecular complexity index is 2260. The van der Waals surface area contributed by atoms with Gasteiger partial charge >= 0.3 is 48.9 Å². The second kappa shape index (κ2) is 50.6. The van der Waals surface area contributed by atoms with Crippen molar-refractivity contribution in [1.82, 2.24) is 0 Å². The van der Waals surface area contributed by atoms with Crippen molar-refractivity contribution in [2.24, 2.45) is 0 Å². The number of unbranched alkanes of at least 4 members (excludes halogenated alkanes) is 42. The number of hydrogen-bond donors (Lipinski definition) is 0. The first-order valence-corrected chi connectivity index (χ1v) is 37.8. The molecule has 0 aromatic heterocycles. The molecule has 4 rings (SSSR count). The minimum absolute atomic E-state index is 0. The van der Waals surface area contributed by atoms with Gasteiger partial charge in [-0.1, -0.05) is 346 Å². The summed E-state index contributed by atoms with van der Waals surface area (Å²) in [7, 11) is -9.01. The Morgan fingerprint density at radius 3 is 0.639 bits per heavy atom. The summed E-state index contributed by atoms with van der Waals surface area (Å²) in [6.45, 7) is 9.02. The molecule has 6 nitrogen and oxygen atoms in total. The summed E-state index contributed by atoms with van der Waals surface area (Å²) in [5.74, 6) is 0. The van der Waals surface area contributed by atoms with Crippen LogP contribution in [-0.2, 0) is 45.9 Å². The summed E-state index contributed by atoms with van der Waals surface area (Å²) >= 11 is 0. The third kappa shape index (κ3) is 38.1. The van der Waals surface area contributed by atoms with Gasteiger partial charge in [0.25, 0.3) is 0 Å². The van der Waals surface area contributed by atoms with Crippen LogP contribution < -0.4 is 0 Å². The van der Waals surface area contributed by atoms with Crippen LogP contribution >= 0.6 is 0 Å². The Labute approximate surface area is 552 Å². The Morgan fingerprint density at radius 2 is 0.434 bits per heavy atom. The molecule has 4 aromatic carbocycles. The molecular formula is C74H122BaO6S2. The molecule has 0 saturated heterocycles. The van der Waals surface area contributed by atoms with Crippen LogP contribution in [0.3, 0.4) is 0 Å². The van der Waals surface area contributed by atoms with Crippen molar-refractivity contribution in [3.8, 4) is 0 Å². The smallest absolute Gasteiger partial charge is 0.744 e. The van der Waals surface area contributed by atoms with E-state index in [1.807, 2.05) is 24.3 Å². The van der Waals surface area contributed by atoms with E-state index in [9.17, 15) is 25.9 Å². The zero-order valence-corrected chi connectivity index (χ0v) is 60.2. The summed E-state index contributed by atoms with van der Waals surface area (Å²) in [5.41, 5.74) is 4.43. The predicted octanol–water partition coefficient (Wildman–Crippen LogP) is 23.3. The van der Waals surface area contributed by atoms with E-state index in [1.54, 1.807) is 12.1 Å². The molecule has 0 bridgehead atoms. The number of aryl methyl sites for hydroxylation is 4. The fourth-order valence-corrected chi connectivity index (χ4v) is 13.7. The van der Waals surface area contributed by atoms with Gasteiger partial charge in [0.1, 0.15) is 20.2 Å². The van der Waals surface area contributed by atoms with Crippen LogP contribution in [0.5, 0.6) is 0 Å². The molecule has 0 aliphatic rings. The van der Waals surface area contributed by atoms with Crippen LogP contribution in [0.4, 0.5) is 0 Å². The van der Waals surface area contributed by atoms with Gasteiger partial charge in [-0.3, -0.25) is 0 Å². The van der Waals surface area contributed by atoms with Crippen molar-refractivity contribution >= 4 is 90.7 Å². The molecule has 0 N–H and O–H groups in total. The molecule has 468 valence electrons. The van der Waals surface area contributed by atoms with Crippen LogP contribution in [0.1, 0.15) is 345 Å². The quantitative estimate of drug-likeness (QED) is 0.0247. The van der Waals surface area contributed by atoms with Crippen LogP contribution in [0, 0.1) is 0 Å². The number of rotatable bonds is 52. The Hall–Kier alpha value is -1.21. The van der Waals surface area contributed by atoms with Crippen LogP contribution in [0.25, 0.3) is 21.5 Å². The third-order valence-corrected chi connectivity index (χ3v) is 19.1. The first-order chi connectivity index (χ1) is 39.9. The molecule has 4 aromatic rings. The van der Waals surface area contributed by atoms with Gasteiger partial charge in [-0.15, -0.1) is 0 Å². The summed E-state index contributed by atoms with van der Waals surface area (Å²) in [4.78, 5) is -0.108. The second-order valence-electron chi connectivity index (χ2n) is 25.1. The molecule has 0 spiro atoms. The Balaban J connectivity index is 0.000000560. The average Bonchev–Trinajstić information content (AvgIpc) is 3.66. The van der Waals surface area contributed by atoms with Crippen molar-refractivity contribution in [2.75, 3.05) is 0 Å². The van der Waals surface area contributed by atoms with Gasteiger partial charge in [0.2, 0.25) is 0 Å². The van der Waals surface area contributed by atoms with Crippen molar-refractivity contribution in [3.05, 3.63) is 82.9 Å². The molecule has 0 amide bonds. The van der Waals surface area contributed by atoms with E-state index in [2.05, 4.69) is 52.0 Å². The zero-order chi connectivity index (χ0) is 59.2. The Kier molecular flexibility index (Phi) is 47.5. The molecule has 9 heteroatoms. The van der Waals surface area contributed by atoms with E-state index >= 15 is 0 Å². The van der Waals surface area contributed by atoms with Crippen molar-refractivity contribution < 1.29 is 25.9 Å². The van der Waals surface area contributed by atoms with Crippen LogP contribution in [-0.4, -0.2) is 74.8 Å². The van der Waals surface area contributed by atoms with E-state index in [-0.39, 0.29) is 58.7 Å². The average molecular weight is 1310 g/mol. The molecule has 83 heavy (non-hydrogen) atoms. The van der Waals surface area contributed by atoms with Crippen molar-refractivity contribution in [2.45, 2.75) is 359 Å². The fraction of sp³-hybridized carbons (Fsp3) is 0.730. The van der Waals surface area contributed by atoms with Gasteiger partial charge in [0.05, 0.1) is 9.79 Å². The van der Waals surface area contributed by atoms with E-state index in [0.717, 1.165) is 86.1 Å². The van der Waals surface area contributed by atoms with Crippen LogP contribution in [0.15, 0.2) is 70.5 Å². The molecule has 0 aliphatic heterocycles. The van der Waals surface area contributed by atoms with Gasteiger partial charge in [-0.2, -0.15) is 0 Å². The Morgan fingerprint density at radius 1 is 0.253 bits per heavy atom. The molecule has 0 heterocycles. The maximum Gasteiger partial charge on any atom is 2.00 e. The normalized spacial score (nSPS) is 11.8. The van der Waals surface area contributed by atoms with E-state index in [1.165, 1.54) is 268 Å². The summed E-state index contributed by atoms with van der Waals surface area (Å²) in [5, 5.41) is 2.93. The molecule has 0 atom stereocenters. The van der Waals surface area contributed by atoms with Crippen molar-refractivity contribution in [3.63, 3.8) is 0 Å². The van der Waals surface area contributed by atoms with Gasteiger partial charge in [-0.25, -0.2) is 16.8 Å². The molecule has 0 unspecified atom stereocenters. The SMILES string of the molecule is CCCCCCCCCCCCCCCCCCc1ccc2c(S(=O)(=O)[O-])cc(CCCCCCCCC)cc2c1.CCCCCCCCCCCCCCCCCCc1ccc2c(S(=O)(=O)[O-])cc(CCCCCCCCC)cc2c1.[Ba+2]. The summed E-state index contributed by atoms with van der Waals surface area (Å²) in [6.07, 6.45) is 64.6. The largest absolute Gasteiger partial charge is 2.00 e. The molecular weight excluding hydrogens is 1190 g/mol. The summed E-state index contributed by atoms with van der Waals surface area (Å²) in [6, 6.07) is 19.4. The summed E-state index contributed by atoms with van der Waals surface area (Å²) < 4.78 is 72.3. The number of fused-ring (bicyclic) bond motifs is 2. The molecule has 0 aliphatic carbocycles. The minimum atomic E-state index is -4.50. The molecule has 0 fully saturated rings. The van der Waals surface area contributed by atoms with Gasteiger partial charge in [0.15, 0.2) is 0 Å². The monoisotopic (exact) mass is 1310 g/mol. The maximum atomic E-state index is 12.0. The van der Waals surface area contributed by atoms with Gasteiger partial charge in [-0.05, 0) is 107 Å². The first-order valence-electron chi connectivity index (χ1n) is 34.9. The second-order valence-corrected chi connectivity index (χ2v) is 27.8. The third-order valence-electron chi connectivity index (χ3n) is 17.4. The predicted molar refractivity (Wildman–Crippen MR) is 359 cm³/mol. The number of hydrogen-bond acceptors (Lipinski definition) is 6. The van der Waals surface area contributed by atoms with E-state index in [0.29, 0.717) is 10.8 Å². The van der Waals surface area contributed by atoms with Gasteiger partial charge in [0, 0.05) is 0 Å². The fourth-order valence-electron chi connectivity index (χ4n) is 12.2. The topological polar surface area (TPSA) is 114 Å².